The van der Waals surface area contributed by atoms with Crippen molar-refractivity contribution in [3.05, 3.63) is 57.8 Å². The minimum atomic E-state index is 0.000888. The minimum Gasteiger partial charge on any atom is -0.318 e. The first-order chi connectivity index (χ1) is 11.4. The lowest BCUT2D eigenvalue weighted by atomic mass is 10.2. The molecule has 0 N–H and O–H groups in total. The molecule has 2 aromatic rings. The third-order valence-electron chi connectivity index (χ3n) is 4.21. The molecule has 0 atom stereocenters. The number of hydrogen-bond donors (Lipinski definition) is 0. The summed E-state index contributed by atoms with van der Waals surface area (Å²) in [6.07, 6.45) is 1.97. The van der Waals surface area contributed by atoms with Gasteiger partial charge in [-0.3, -0.25) is 14.7 Å². The van der Waals surface area contributed by atoms with Crippen LogP contribution in [0, 0.1) is 20.8 Å². The summed E-state index contributed by atoms with van der Waals surface area (Å²) in [5.41, 5.74) is 5.72. The van der Waals surface area contributed by atoms with Crippen LogP contribution in [0.2, 0.25) is 0 Å². The Morgan fingerprint density at radius 3 is 2.54 bits per heavy atom. The molecular formula is C19H21N3OS. The second-order valence-corrected chi connectivity index (χ2v) is 6.99. The number of hydrogen-bond acceptors (Lipinski definition) is 3. The first-order valence-corrected chi connectivity index (χ1v) is 8.64. The number of aryl methyl sites for hydroxylation is 2. The summed E-state index contributed by atoms with van der Waals surface area (Å²) in [6.45, 7) is 6.27. The number of nitrogens with zero attached hydrogens (tertiary/aromatic N) is 3. The van der Waals surface area contributed by atoms with Crippen molar-refractivity contribution in [2.24, 2.45) is 4.99 Å². The Kier molecular flexibility index (Phi) is 4.37. The SMILES string of the molecule is CN=C1S/C(=C\c2cc(C)n(-c3cccc(C)c3)c2C)C(=O)N1C. The lowest BCUT2D eigenvalue weighted by Crippen LogP contribution is -2.23. The quantitative estimate of drug-likeness (QED) is 0.777. The van der Waals surface area contributed by atoms with Crippen molar-refractivity contribution >= 4 is 28.9 Å². The highest BCUT2D eigenvalue weighted by Gasteiger charge is 2.30. The van der Waals surface area contributed by atoms with Gasteiger partial charge in [0.1, 0.15) is 0 Å². The fourth-order valence-corrected chi connectivity index (χ4v) is 3.91. The maximum Gasteiger partial charge on any atom is 0.266 e. The molecule has 1 aromatic heterocycles. The van der Waals surface area contributed by atoms with E-state index in [1.807, 2.05) is 6.08 Å². The molecule has 2 heterocycles. The zero-order valence-electron chi connectivity index (χ0n) is 14.6. The molecular weight excluding hydrogens is 318 g/mol. The second kappa shape index (κ2) is 6.32. The van der Waals surface area contributed by atoms with E-state index in [0.717, 1.165) is 27.8 Å². The van der Waals surface area contributed by atoms with E-state index in [1.165, 1.54) is 17.3 Å². The van der Waals surface area contributed by atoms with Crippen molar-refractivity contribution in [2.45, 2.75) is 20.8 Å². The van der Waals surface area contributed by atoms with Gasteiger partial charge < -0.3 is 4.57 Å². The highest BCUT2D eigenvalue weighted by atomic mass is 32.2. The number of benzene rings is 1. The maximum absolute atomic E-state index is 12.3. The molecule has 1 aromatic carbocycles. The van der Waals surface area contributed by atoms with Crippen LogP contribution in [0.4, 0.5) is 0 Å². The minimum absolute atomic E-state index is 0.000888. The molecule has 24 heavy (non-hydrogen) atoms. The number of aromatic nitrogens is 1. The van der Waals surface area contributed by atoms with Gasteiger partial charge in [0.05, 0.1) is 4.91 Å². The Labute approximate surface area is 146 Å². The van der Waals surface area contributed by atoms with Crippen molar-refractivity contribution in [3.8, 4) is 5.69 Å². The average Bonchev–Trinajstić information content (AvgIpc) is 2.98. The number of amides is 1. The van der Waals surface area contributed by atoms with Crippen LogP contribution in [0.1, 0.15) is 22.5 Å². The van der Waals surface area contributed by atoms with Crippen molar-refractivity contribution in [3.63, 3.8) is 0 Å². The van der Waals surface area contributed by atoms with Crippen LogP contribution < -0.4 is 0 Å². The topological polar surface area (TPSA) is 37.6 Å². The van der Waals surface area contributed by atoms with Gasteiger partial charge in [-0.05, 0) is 67.9 Å². The first kappa shape index (κ1) is 16.6. The Balaban J connectivity index is 2.05. The monoisotopic (exact) mass is 339 g/mol. The molecule has 1 aliphatic rings. The summed E-state index contributed by atoms with van der Waals surface area (Å²) in [4.78, 5) is 18.8. The smallest absolute Gasteiger partial charge is 0.266 e. The van der Waals surface area contributed by atoms with Gasteiger partial charge in [-0.2, -0.15) is 0 Å². The van der Waals surface area contributed by atoms with Gasteiger partial charge in [-0.15, -0.1) is 0 Å². The average molecular weight is 339 g/mol. The van der Waals surface area contributed by atoms with Crippen molar-refractivity contribution in [2.75, 3.05) is 14.1 Å². The highest BCUT2D eigenvalue weighted by molar-refractivity contribution is 8.18. The van der Waals surface area contributed by atoms with Crippen molar-refractivity contribution in [1.29, 1.82) is 0 Å². The van der Waals surface area contributed by atoms with Crippen molar-refractivity contribution in [1.82, 2.24) is 9.47 Å². The molecule has 1 saturated heterocycles. The van der Waals surface area contributed by atoms with E-state index >= 15 is 0 Å². The molecule has 1 amide bonds. The third-order valence-corrected chi connectivity index (χ3v) is 5.36. The summed E-state index contributed by atoms with van der Waals surface area (Å²) in [5, 5.41) is 0.735. The van der Waals surface area contributed by atoms with Gasteiger partial charge in [0.2, 0.25) is 0 Å². The molecule has 124 valence electrons. The van der Waals surface area contributed by atoms with Crippen LogP contribution in [0.3, 0.4) is 0 Å². The van der Waals surface area contributed by atoms with Gasteiger partial charge in [-0.25, -0.2) is 0 Å². The normalized spacial score (nSPS) is 18.2. The first-order valence-electron chi connectivity index (χ1n) is 7.82. The maximum atomic E-state index is 12.3. The molecule has 0 saturated carbocycles. The fraction of sp³-hybridized carbons (Fsp3) is 0.263. The van der Waals surface area contributed by atoms with Crippen LogP contribution in [0.25, 0.3) is 11.8 Å². The Bertz CT molecular complexity index is 877. The number of amidine groups is 1. The zero-order chi connectivity index (χ0) is 17.4. The molecule has 5 heteroatoms. The highest BCUT2D eigenvalue weighted by Crippen LogP contribution is 2.33. The summed E-state index contributed by atoms with van der Waals surface area (Å²) in [5.74, 6) is 0.000888. The molecule has 0 radical (unpaired) electrons. The standard InChI is InChI=1S/C19H21N3OS/c1-12-7-6-8-16(9-12)22-13(2)10-15(14(22)3)11-17-18(23)21(5)19(20-4)24-17/h6-11H,1-5H3/b17-11-,20-19?. The van der Waals surface area contributed by atoms with Crippen molar-refractivity contribution < 1.29 is 4.79 Å². The molecule has 1 aliphatic heterocycles. The van der Waals surface area contributed by atoms with Crippen LogP contribution in [0.5, 0.6) is 0 Å². The molecule has 0 bridgehead atoms. The van der Waals surface area contributed by atoms with Gasteiger partial charge in [0.15, 0.2) is 5.17 Å². The summed E-state index contributed by atoms with van der Waals surface area (Å²) >= 11 is 1.42. The molecule has 0 unspecified atom stereocenters. The van der Waals surface area contributed by atoms with E-state index in [2.05, 4.69) is 60.7 Å². The van der Waals surface area contributed by atoms with Gasteiger partial charge in [0, 0.05) is 31.2 Å². The van der Waals surface area contributed by atoms with E-state index in [4.69, 9.17) is 0 Å². The third kappa shape index (κ3) is 2.80. The number of rotatable bonds is 2. The van der Waals surface area contributed by atoms with E-state index < -0.39 is 0 Å². The van der Waals surface area contributed by atoms with E-state index in [9.17, 15) is 4.79 Å². The molecule has 0 spiro atoms. The molecule has 1 fully saturated rings. The number of carbonyl (C=O) groups excluding carboxylic acids is 1. The van der Waals surface area contributed by atoms with Crippen LogP contribution >= 0.6 is 11.8 Å². The van der Waals surface area contributed by atoms with Crippen LogP contribution in [-0.4, -0.2) is 34.6 Å². The largest absolute Gasteiger partial charge is 0.318 e. The predicted molar refractivity (Wildman–Crippen MR) is 102 cm³/mol. The van der Waals surface area contributed by atoms with Gasteiger partial charge in [-0.1, -0.05) is 12.1 Å². The Hall–Kier alpha value is -2.27. The van der Waals surface area contributed by atoms with Crippen LogP contribution in [0.15, 0.2) is 40.2 Å². The Morgan fingerprint density at radius 2 is 1.92 bits per heavy atom. The summed E-state index contributed by atoms with van der Waals surface area (Å²) in [6, 6.07) is 10.6. The number of thioether (sulfide) groups is 1. The summed E-state index contributed by atoms with van der Waals surface area (Å²) in [7, 11) is 3.47. The van der Waals surface area contributed by atoms with E-state index in [1.54, 1.807) is 19.0 Å². The van der Waals surface area contributed by atoms with Gasteiger partial charge >= 0.3 is 0 Å². The molecule has 4 nitrogen and oxygen atoms in total. The summed E-state index contributed by atoms with van der Waals surface area (Å²) < 4.78 is 2.22. The Morgan fingerprint density at radius 1 is 1.17 bits per heavy atom. The van der Waals surface area contributed by atoms with E-state index in [-0.39, 0.29) is 5.91 Å². The molecule has 0 aliphatic carbocycles. The predicted octanol–water partition coefficient (Wildman–Crippen LogP) is 3.93. The number of carbonyl (C=O) groups is 1. The lowest BCUT2D eigenvalue weighted by molar-refractivity contribution is -0.121. The molecule has 3 rings (SSSR count). The number of aliphatic imine (C=N–C) groups is 1. The fourth-order valence-electron chi connectivity index (χ4n) is 2.99. The van der Waals surface area contributed by atoms with Crippen LogP contribution in [-0.2, 0) is 4.79 Å². The zero-order valence-corrected chi connectivity index (χ0v) is 15.4. The van der Waals surface area contributed by atoms with Gasteiger partial charge in [0.25, 0.3) is 5.91 Å². The lowest BCUT2D eigenvalue weighted by Gasteiger charge is -2.10. The van der Waals surface area contributed by atoms with E-state index in [0.29, 0.717) is 4.91 Å². The number of likely N-dealkylation sites (N-methyl/N-ethyl adjacent to an activating group) is 1. The second-order valence-electron chi connectivity index (χ2n) is 5.98.